The summed E-state index contributed by atoms with van der Waals surface area (Å²) >= 11 is 0. The first-order chi connectivity index (χ1) is 10.5. The fraction of sp³-hybridized carbons (Fsp3) is 0.294. The minimum absolute atomic E-state index is 0.146. The summed E-state index contributed by atoms with van der Waals surface area (Å²) in [6.07, 6.45) is 0.486. The van der Waals surface area contributed by atoms with E-state index in [-0.39, 0.29) is 12.5 Å². The van der Waals surface area contributed by atoms with E-state index in [1.807, 2.05) is 36.4 Å². The Morgan fingerprint density at radius 2 is 1.91 bits per heavy atom. The molecule has 1 saturated heterocycles. The van der Waals surface area contributed by atoms with Gasteiger partial charge in [0.15, 0.2) is 0 Å². The van der Waals surface area contributed by atoms with Crippen LogP contribution in [0.4, 0.5) is 0 Å². The third-order valence-corrected chi connectivity index (χ3v) is 4.28. The van der Waals surface area contributed by atoms with Gasteiger partial charge in [0.25, 0.3) is 5.91 Å². The summed E-state index contributed by atoms with van der Waals surface area (Å²) < 4.78 is 0. The molecule has 1 atom stereocenters. The number of likely N-dealkylation sites (tertiary alicyclic amines) is 1. The number of aromatic nitrogens is 1. The van der Waals surface area contributed by atoms with Crippen LogP contribution in [-0.2, 0) is 4.79 Å². The molecule has 3 rings (SSSR count). The Kier molecular flexibility index (Phi) is 3.48. The monoisotopic (exact) mass is 298 g/mol. The topological polar surface area (TPSA) is 73.4 Å². The van der Waals surface area contributed by atoms with E-state index in [1.54, 1.807) is 17.9 Å². The first-order valence-electron chi connectivity index (χ1n) is 7.27. The van der Waals surface area contributed by atoms with E-state index in [2.05, 4.69) is 4.98 Å². The Bertz CT molecular complexity index is 708. The molecule has 22 heavy (non-hydrogen) atoms. The maximum atomic E-state index is 12.5. The lowest BCUT2D eigenvalue weighted by atomic mass is 9.90. The molecule has 0 bridgehead atoms. The van der Waals surface area contributed by atoms with Crippen LogP contribution < -0.4 is 0 Å². The van der Waals surface area contributed by atoms with E-state index in [4.69, 9.17) is 0 Å². The van der Waals surface area contributed by atoms with Crippen molar-refractivity contribution in [1.82, 2.24) is 9.88 Å². The number of carboxylic acids is 1. The molecule has 5 heteroatoms. The minimum Gasteiger partial charge on any atom is -0.481 e. The second-order valence-electron chi connectivity index (χ2n) is 5.99. The van der Waals surface area contributed by atoms with Gasteiger partial charge in [0.2, 0.25) is 0 Å². The number of nitrogens with zero attached hydrogens (tertiary/aromatic N) is 1. The van der Waals surface area contributed by atoms with Crippen molar-refractivity contribution in [2.45, 2.75) is 13.3 Å². The number of amides is 1. The molecular formula is C17H18N2O3. The van der Waals surface area contributed by atoms with E-state index in [0.717, 1.165) is 11.3 Å². The molecule has 1 fully saturated rings. The smallest absolute Gasteiger partial charge is 0.311 e. The second-order valence-corrected chi connectivity index (χ2v) is 5.99. The number of carbonyl (C=O) groups excluding carboxylic acids is 1. The molecular weight excluding hydrogens is 280 g/mol. The predicted octanol–water partition coefficient (Wildman–Crippen LogP) is 2.62. The highest BCUT2D eigenvalue weighted by atomic mass is 16.4. The molecule has 0 aliphatic carbocycles. The van der Waals surface area contributed by atoms with Gasteiger partial charge in [-0.25, -0.2) is 0 Å². The largest absolute Gasteiger partial charge is 0.481 e. The molecule has 1 unspecified atom stereocenters. The van der Waals surface area contributed by atoms with E-state index in [9.17, 15) is 14.7 Å². The molecule has 1 aromatic carbocycles. The van der Waals surface area contributed by atoms with Crippen LogP contribution in [0.25, 0.3) is 11.3 Å². The van der Waals surface area contributed by atoms with Crippen LogP contribution >= 0.6 is 0 Å². The van der Waals surface area contributed by atoms with Crippen LogP contribution in [0, 0.1) is 5.41 Å². The number of aromatic amines is 1. The average Bonchev–Trinajstić information content (AvgIpc) is 3.15. The van der Waals surface area contributed by atoms with Gasteiger partial charge in [-0.15, -0.1) is 0 Å². The van der Waals surface area contributed by atoms with Gasteiger partial charge < -0.3 is 15.0 Å². The standard InChI is InChI=1S/C17H18N2O3/c1-17(16(21)22)9-10-19(11-17)15(20)14-8-7-13(18-14)12-5-3-2-4-6-12/h2-8,18H,9-11H2,1H3,(H,21,22). The van der Waals surface area contributed by atoms with E-state index < -0.39 is 11.4 Å². The highest BCUT2D eigenvalue weighted by molar-refractivity contribution is 5.94. The lowest BCUT2D eigenvalue weighted by molar-refractivity contribution is -0.147. The molecule has 2 aromatic rings. The maximum Gasteiger partial charge on any atom is 0.311 e. The van der Waals surface area contributed by atoms with Crippen molar-refractivity contribution in [3.63, 3.8) is 0 Å². The van der Waals surface area contributed by atoms with Gasteiger partial charge in [0, 0.05) is 18.8 Å². The predicted molar refractivity (Wildman–Crippen MR) is 82.5 cm³/mol. The fourth-order valence-corrected chi connectivity index (χ4v) is 2.79. The SMILES string of the molecule is CC1(C(=O)O)CCN(C(=O)c2ccc(-c3ccccc3)[nH]2)C1. The average molecular weight is 298 g/mol. The molecule has 5 nitrogen and oxygen atoms in total. The molecule has 0 spiro atoms. The van der Waals surface area contributed by atoms with E-state index in [0.29, 0.717) is 18.7 Å². The number of hydrogen-bond acceptors (Lipinski definition) is 2. The van der Waals surface area contributed by atoms with Crippen molar-refractivity contribution in [2.75, 3.05) is 13.1 Å². The Labute approximate surface area is 128 Å². The number of nitrogens with one attached hydrogen (secondary N) is 1. The summed E-state index contributed by atoms with van der Waals surface area (Å²) in [5, 5.41) is 9.25. The van der Waals surface area contributed by atoms with Gasteiger partial charge in [-0.2, -0.15) is 0 Å². The molecule has 1 amide bonds. The number of hydrogen-bond donors (Lipinski definition) is 2. The van der Waals surface area contributed by atoms with Gasteiger partial charge in [-0.05, 0) is 31.0 Å². The summed E-state index contributed by atoms with van der Waals surface area (Å²) in [5.74, 6) is -0.994. The summed E-state index contributed by atoms with van der Waals surface area (Å²) in [4.78, 5) is 28.5. The molecule has 114 valence electrons. The van der Waals surface area contributed by atoms with Gasteiger partial charge in [-0.3, -0.25) is 9.59 Å². The summed E-state index contributed by atoms with van der Waals surface area (Å²) in [6, 6.07) is 13.4. The van der Waals surface area contributed by atoms with Crippen molar-refractivity contribution in [3.05, 3.63) is 48.2 Å². The summed E-state index contributed by atoms with van der Waals surface area (Å²) in [7, 11) is 0. The zero-order valence-corrected chi connectivity index (χ0v) is 12.4. The highest BCUT2D eigenvalue weighted by Crippen LogP contribution is 2.31. The number of carboxylic acid groups (broad SMARTS) is 1. The lowest BCUT2D eigenvalue weighted by Gasteiger charge is -2.19. The van der Waals surface area contributed by atoms with Gasteiger partial charge in [-0.1, -0.05) is 30.3 Å². The summed E-state index contributed by atoms with van der Waals surface area (Å²) in [6.45, 7) is 2.41. The maximum absolute atomic E-state index is 12.5. The van der Waals surface area contributed by atoms with Crippen LogP contribution in [0.2, 0.25) is 0 Å². The van der Waals surface area contributed by atoms with Crippen molar-refractivity contribution in [3.8, 4) is 11.3 Å². The van der Waals surface area contributed by atoms with Crippen molar-refractivity contribution in [2.24, 2.45) is 5.41 Å². The van der Waals surface area contributed by atoms with Gasteiger partial charge in [0.1, 0.15) is 5.69 Å². The zero-order valence-electron chi connectivity index (χ0n) is 12.4. The van der Waals surface area contributed by atoms with Crippen molar-refractivity contribution < 1.29 is 14.7 Å². The fourth-order valence-electron chi connectivity index (χ4n) is 2.79. The molecule has 2 N–H and O–H groups in total. The minimum atomic E-state index is -0.848. The Hall–Kier alpha value is -2.56. The number of benzene rings is 1. The number of H-pyrrole nitrogens is 1. The first kappa shape index (κ1) is 14.4. The van der Waals surface area contributed by atoms with Crippen molar-refractivity contribution in [1.29, 1.82) is 0 Å². The van der Waals surface area contributed by atoms with E-state index in [1.165, 1.54) is 0 Å². The normalized spacial score (nSPS) is 21.0. The number of rotatable bonds is 3. The number of aliphatic carboxylic acids is 1. The quantitative estimate of drug-likeness (QED) is 0.914. The second kappa shape index (κ2) is 5.33. The van der Waals surface area contributed by atoms with Gasteiger partial charge >= 0.3 is 5.97 Å². The first-order valence-corrected chi connectivity index (χ1v) is 7.27. The van der Waals surface area contributed by atoms with Crippen molar-refractivity contribution >= 4 is 11.9 Å². The summed E-state index contributed by atoms with van der Waals surface area (Å²) in [5.41, 5.74) is 1.54. The Morgan fingerprint density at radius 3 is 2.55 bits per heavy atom. The van der Waals surface area contributed by atoms with Crippen LogP contribution in [0.1, 0.15) is 23.8 Å². The van der Waals surface area contributed by atoms with Crippen LogP contribution in [0.15, 0.2) is 42.5 Å². The highest BCUT2D eigenvalue weighted by Gasteiger charge is 2.42. The van der Waals surface area contributed by atoms with E-state index >= 15 is 0 Å². The number of carbonyl (C=O) groups is 2. The molecule has 2 heterocycles. The molecule has 0 radical (unpaired) electrons. The third-order valence-electron chi connectivity index (χ3n) is 4.28. The molecule has 1 aliphatic heterocycles. The van der Waals surface area contributed by atoms with Gasteiger partial charge in [0.05, 0.1) is 5.41 Å². The van der Waals surface area contributed by atoms with Crippen LogP contribution in [-0.4, -0.2) is 40.0 Å². The Morgan fingerprint density at radius 1 is 1.18 bits per heavy atom. The molecule has 0 saturated carbocycles. The van der Waals surface area contributed by atoms with Crippen LogP contribution in [0.5, 0.6) is 0 Å². The lowest BCUT2D eigenvalue weighted by Crippen LogP contribution is -2.35. The van der Waals surface area contributed by atoms with Crippen LogP contribution in [0.3, 0.4) is 0 Å². The zero-order chi connectivity index (χ0) is 15.7. The molecule has 1 aromatic heterocycles. The Balaban J connectivity index is 1.77. The molecule has 1 aliphatic rings. The third kappa shape index (κ3) is 2.50.